The number of carbonyl (C=O) groups excluding carboxylic acids is 1. The lowest BCUT2D eigenvalue weighted by molar-refractivity contribution is 0.0944. The molecule has 4 nitrogen and oxygen atoms in total. The van der Waals surface area contributed by atoms with E-state index in [4.69, 9.17) is 11.6 Å². The minimum atomic E-state index is -0.0395. The van der Waals surface area contributed by atoms with Crippen LogP contribution in [0.25, 0.3) is 15.9 Å². The standard InChI is InChI=1S/C20H18ClN3OS2/c1-12(10-16-4-3-9-26-16)22-19(25)18-11-17-13(2)23-24(20(17)27-18)15-7-5-14(21)6-8-15/h3-9,11-12H,10H2,1-2H3,(H,22,25)/t12-/m0/s1. The molecule has 138 valence electrons. The molecule has 1 amide bonds. The average molecular weight is 416 g/mol. The van der Waals surface area contributed by atoms with E-state index in [9.17, 15) is 4.79 Å². The molecule has 7 heteroatoms. The largest absolute Gasteiger partial charge is 0.349 e. The summed E-state index contributed by atoms with van der Waals surface area (Å²) in [6.45, 7) is 3.99. The minimum absolute atomic E-state index is 0.0395. The van der Waals surface area contributed by atoms with Crippen LogP contribution in [0.3, 0.4) is 0 Å². The number of hydrogen-bond donors (Lipinski definition) is 1. The fraction of sp³-hybridized carbons (Fsp3) is 0.200. The molecule has 4 aromatic rings. The molecule has 0 saturated carbocycles. The molecule has 0 aliphatic rings. The quantitative estimate of drug-likeness (QED) is 0.469. The molecule has 3 heterocycles. The number of thiophene rings is 2. The maximum absolute atomic E-state index is 12.7. The van der Waals surface area contributed by atoms with Crippen molar-refractivity contribution in [2.45, 2.75) is 26.3 Å². The number of nitrogens with zero attached hydrogens (tertiary/aromatic N) is 2. The summed E-state index contributed by atoms with van der Waals surface area (Å²) < 4.78 is 1.87. The van der Waals surface area contributed by atoms with E-state index in [1.807, 2.05) is 54.9 Å². The number of nitrogens with one attached hydrogen (secondary N) is 1. The summed E-state index contributed by atoms with van der Waals surface area (Å²) in [5, 5.41) is 11.5. The van der Waals surface area contributed by atoms with Crippen molar-refractivity contribution in [3.8, 4) is 5.69 Å². The molecular formula is C20H18ClN3OS2. The lowest BCUT2D eigenvalue weighted by Gasteiger charge is -2.11. The second kappa shape index (κ2) is 7.46. The Morgan fingerprint density at radius 2 is 2.07 bits per heavy atom. The van der Waals surface area contributed by atoms with Crippen LogP contribution in [-0.4, -0.2) is 21.7 Å². The number of rotatable bonds is 5. The van der Waals surface area contributed by atoms with E-state index in [2.05, 4.69) is 21.9 Å². The zero-order valence-corrected chi connectivity index (χ0v) is 17.3. The zero-order valence-electron chi connectivity index (χ0n) is 14.9. The van der Waals surface area contributed by atoms with Crippen molar-refractivity contribution in [1.29, 1.82) is 0 Å². The summed E-state index contributed by atoms with van der Waals surface area (Å²) in [5.74, 6) is -0.0395. The molecule has 0 aliphatic carbocycles. The summed E-state index contributed by atoms with van der Waals surface area (Å²) in [7, 11) is 0. The van der Waals surface area contributed by atoms with Gasteiger partial charge in [-0.15, -0.1) is 22.7 Å². The van der Waals surface area contributed by atoms with Crippen molar-refractivity contribution in [2.24, 2.45) is 0 Å². The Bertz CT molecular complexity index is 1080. The van der Waals surface area contributed by atoms with E-state index >= 15 is 0 Å². The van der Waals surface area contributed by atoms with Gasteiger partial charge in [0.1, 0.15) is 4.83 Å². The van der Waals surface area contributed by atoms with Crippen molar-refractivity contribution in [2.75, 3.05) is 0 Å². The molecule has 0 bridgehead atoms. The summed E-state index contributed by atoms with van der Waals surface area (Å²) in [4.78, 5) is 15.6. The van der Waals surface area contributed by atoms with E-state index in [0.717, 1.165) is 28.0 Å². The van der Waals surface area contributed by atoms with E-state index in [0.29, 0.717) is 9.90 Å². The number of carbonyl (C=O) groups is 1. The normalized spacial score (nSPS) is 12.4. The van der Waals surface area contributed by atoms with Gasteiger partial charge < -0.3 is 5.32 Å². The maximum atomic E-state index is 12.7. The minimum Gasteiger partial charge on any atom is -0.349 e. The van der Waals surface area contributed by atoms with Crippen LogP contribution in [0.15, 0.2) is 47.8 Å². The highest BCUT2D eigenvalue weighted by molar-refractivity contribution is 7.20. The number of benzene rings is 1. The van der Waals surface area contributed by atoms with Crippen LogP contribution in [0.1, 0.15) is 27.2 Å². The Balaban J connectivity index is 1.58. The highest BCUT2D eigenvalue weighted by Gasteiger charge is 2.18. The number of hydrogen-bond acceptors (Lipinski definition) is 4. The third kappa shape index (κ3) is 3.78. The molecule has 0 fully saturated rings. The van der Waals surface area contributed by atoms with Crippen molar-refractivity contribution in [3.63, 3.8) is 0 Å². The van der Waals surface area contributed by atoms with Gasteiger partial charge in [0.25, 0.3) is 5.91 Å². The molecule has 0 saturated heterocycles. The molecule has 0 radical (unpaired) electrons. The topological polar surface area (TPSA) is 46.9 Å². The van der Waals surface area contributed by atoms with E-state index < -0.39 is 0 Å². The van der Waals surface area contributed by atoms with Crippen LogP contribution < -0.4 is 5.32 Å². The maximum Gasteiger partial charge on any atom is 0.261 e. The fourth-order valence-corrected chi connectivity index (χ4v) is 5.04. The van der Waals surface area contributed by atoms with Crippen LogP contribution >= 0.6 is 34.3 Å². The van der Waals surface area contributed by atoms with Crippen LogP contribution in [0, 0.1) is 6.92 Å². The van der Waals surface area contributed by atoms with E-state index in [1.165, 1.54) is 16.2 Å². The number of aromatic nitrogens is 2. The third-order valence-electron chi connectivity index (χ3n) is 4.30. The molecule has 0 spiro atoms. The highest BCUT2D eigenvalue weighted by Crippen LogP contribution is 2.30. The molecule has 4 rings (SSSR count). The molecule has 1 aromatic carbocycles. The van der Waals surface area contributed by atoms with Crippen LogP contribution in [-0.2, 0) is 6.42 Å². The van der Waals surface area contributed by atoms with Crippen molar-refractivity contribution in [1.82, 2.24) is 15.1 Å². The first kappa shape index (κ1) is 18.2. The van der Waals surface area contributed by atoms with Crippen molar-refractivity contribution < 1.29 is 4.79 Å². The van der Waals surface area contributed by atoms with Gasteiger partial charge in [-0.25, -0.2) is 4.68 Å². The Labute approximate surface area is 170 Å². The Kier molecular flexibility index (Phi) is 5.04. The number of fused-ring (bicyclic) bond motifs is 1. The van der Waals surface area contributed by atoms with Crippen LogP contribution in [0.2, 0.25) is 5.02 Å². The first-order chi connectivity index (χ1) is 13.0. The zero-order chi connectivity index (χ0) is 19.0. The summed E-state index contributed by atoms with van der Waals surface area (Å²) in [6, 6.07) is 13.7. The Hall–Kier alpha value is -2.15. The fourth-order valence-electron chi connectivity index (χ4n) is 2.99. The number of aryl methyl sites for hydroxylation is 1. The van der Waals surface area contributed by atoms with Gasteiger partial charge in [0.05, 0.1) is 16.3 Å². The predicted octanol–water partition coefficient (Wildman–Crippen LogP) is 5.47. The highest BCUT2D eigenvalue weighted by atomic mass is 35.5. The molecule has 1 N–H and O–H groups in total. The molecule has 1 atom stereocenters. The molecule has 27 heavy (non-hydrogen) atoms. The SMILES string of the molecule is Cc1nn(-c2ccc(Cl)cc2)c2sc(C(=O)N[C@@H](C)Cc3cccs3)cc12. The second-order valence-corrected chi connectivity index (χ2v) is 8.96. The predicted molar refractivity (Wildman–Crippen MR) is 114 cm³/mol. The van der Waals surface area contributed by atoms with Gasteiger partial charge in [-0.3, -0.25) is 4.79 Å². The van der Waals surface area contributed by atoms with Gasteiger partial charge in [-0.05, 0) is 55.6 Å². The van der Waals surface area contributed by atoms with Gasteiger partial charge >= 0.3 is 0 Å². The van der Waals surface area contributed by atoms with E-state index in [-0.39, 0.29) is 11.9 Å². The molecule has 0 aliphatic heterocycles. The van der Waals surface area contributed by atoms with Crippen molar-refractivity contribution in [3.05, 3.63) is 68.3 Å². The first-order valence-electron chi connectivity index (χ1n) is 8.59. The summed E-state index contributed by atoms with van der Waals surface area (Å²) in [6.07, 6.45) is 0.839. The number of halogens is 1. The average Bonchev–Trinajstić information content (AvgIpc) is 3.34. The lowest BCUT2D eigenvalue weighted by atomic mass is 10.2. The van der Waals surface area contributed by atoms with Crippen LogP contribution in [0.4, 0.5) is 0 Å². The van der Waals surface area contributed by atoms with Gasteiger partial charge in [0, 0.05) is 27.7 Å². The van der Waals surface area contributed by atoms with Gasteiger partial charge in [0.15, 0.2) is 0 Å². The first-order valence-corrected chi connectivity index (χ1v) is 10.7. The number of amides is 1. The lowest BCUT2D eigenvalue weighted by Crippen LogP contribution is -2.33. The van der Waals surface area contributed by atoms with Gasteiger partial charge in [-0.1, -0.05) is 17.7 Å². The van der Waals surface area contributed by atoms with E-state index in [1.54, 1.807) is 11.3 Å². The van der Waals surface area contributed by atoms with Crippen LogP contribution in [0.5, 0.6) is 0 Å². The molecule has 3 aromatic heterocycles. The molecular weight excluding hydrogens is 398 g/mol. The Morgan fingerprint density at radius 1 is 1.30 bits per heavy atom. The van der Waals surface area contributed by atoms with Gasteiger partial charge in [-0.2, -0.15) is 5.10 Å². The third-order valence-corrected chi connectivity index (χ3v) is 6.56. The Morgan fingerprint density at radius 3 is 2.78 bits per heavy atom. The van der Waals surface area contributed by atoms with Crippen molar-refractivity contribution >= 4 is 50.4 Å². The smallest absolute Gasteiger partial charge is 0.261 e. The summed E-state index contributed by atoms with van der Waals surface area (Å²) >= 11 is 9.16. The second-order valence-electron chi connectivity index (χ2n) is 6.46. The van der Waals surface area contributed by atoms with Gasteiger partial charge in [0.2, 0.25) is 0 Å². The summed E-state index contributed by atoms with van der Waals surface area (Å²) in [5.41, 5.74) is 1.83. The monoisotopic (exact) mass is 415 g/mol. The molecule has 0 unspecified atom stereocenters.